The summed E-state index contributed by atoms with van der Waals surface area (Å²) in [6.07, 6.45) is 7.73. The first-order valence-electron chi connectivity index (χ1n) is 6.63. The van der Waals surface area contributed by atoms with Crippen molar-refractivity contribution in [1.29, 1.82) is 0 Å². The summed E-state index contributed by atoms with van der Waals surface area (Å²) in [4.78, 5) is 2.70. The van der Waals surface area contributed by atoms with E-state index >= 15 is 0 Å². The van der Waals surface area contributed by atoms with E-state index in [4.69, 9.17) is 0 Å². The average molecular weight is 201 g/mol. The summed E-state index contributed by atoms with van der Waals surface area (Å²) in [7, 11) is 0. The molecular formula is C13H24LiN. The van der Waals surface area contributed by atoms with Gasteiger partial charge in [-0.15, -0.1) is 0 Å². The van der Waals surface area contributed by atoms with Crippen molar-refractivity contribution in [3.8, 4) is 0 Å². The van der Waals surface area contributed by atoms with Crippen molar-refractivity contribution in [3.05, 3.63) is 11.6 Å². The quantitative estimate of drug-likeness (QED) is 0.451. The van der Waals surface area contributed by atoms with Gasteiger partial charge < -0.3 is 0 Å². The zero-order valence-electron chi connectivity index (χ0n) is 10.9. The van der Waals surface area contributed by atoms with Crippen molar-refractivity contribution in [2.75, 3.05) is 13.1 Å². The van der Waals surface area contributed by atoms with Crippen molar-refractivity contribution < 1.29 is 0 Å². The van der Waals surface area contributed by atoms with E-state index in [1.807, 2.05) is 0 Å². The molecule has 0 aromatic heterocycles. The summed E-state index contributed by atoms with van der Waals surface area (Å²) in [6.45, 7) is 9.43. The van der Waals surface area contributed by atoms with Crippen LogP contribution in [0.15, 0.2) is 11.6 Å². The predicted molar refractivity (Wildman–Crippen MR) is 68.4 cm³/mol. The summed E-state index contributed by atoms with van der Waals surface area (Å²) in [5, 5.41) is 0. The minimum absolute atomic E-state index is 0.753. The van der Waals surface area contributed by atoms with Crippen molar-refractivity contribution in [3.63, 3.8) is 0 Å². The molecule has 82 valence electrons. The second kappa shape index (κ2) is 6.79. The van der Waals surface area contributed by atoms with Crippen LogP contribution in [0.2, 0.25) is 4.59 Å². The Hall–Kier alpha value is 0.297. The molecule has 0 saturated carbocycles. The molecule has 15 heavy (non-hydrogen) atoms. The van der Waals surface area contributed by atoms with Crippen LogP contribution in [0.3, 0.4) is 0 Å². The first kappa shape index (κ1) is 13.4. The first-order valence-corrected chi connectivity index (χ1v) is 6.63. The molecule has 0 heterocycles. The number of nitrogens with zero attached hydrogens (tertiary/aromatic N) is 1. The third-order valence-corrected chi connectivity index (χ3v) is 3.48. The maximum absolute atomic E-state index is 2.70. The Morgan fingerprint density at radius 2 is 1.73 bits per heavy atom. The molecule has 1 aliphatic carbocycles. The van der Waals surface area contributed by atoms with Gasteiger partial charge in [0, 0.05) is 0 Å². The van der Waals surface area contributed by atoms with Crippen molar-refractivity contribution in [2.24, 2.45) is 0 Å². The van der Waals surface area contributed by atoms with Crippen LogP contribution in [-0.2, 0) is 0 Å². The molecule has 0 spiro atoms. The van der Waals surface area contributed by atoms with Crippen LogP contribution in [0, 0.1) is 0 Å². The van der Waals surface area contributed by atoms with E-state index in [1.54, 1.807) is 5.57 Å². The van der Waals surface area contributed by atoms with Crippen molar-refractivity contribution >= 4 is 17.7 Å². The zero-order valence-corrected chi connectivity index (χ0v) is 10.9. The van der Waals surface area contributed by atoms with Crippen LogP contribution in [-0.4, -0.2) is 41.7 Å². The Morgan fingerprint density at radius 3 is 2.07 bits per heavy atom. The van der Waals surface area contributed by atoms with E-state index in [0.717, 1.165) is 10.6 Å². The van der Waals surface area contributed by atoms with E-state index in [0.29, 0.717) is 0 Å². The van der Waals surface area contributed by atoms with Gasteiger partial charge in [0.15, 0.2) is 0 Å². The summed E-state index contributed by atoms with van der Waals surface area (Å²) in [5.41, 5.74) is 1.59. The van der Waals surface area contributed by atoms with Crippen molar-refractivity contribution in [1.82, 2.24) is 4.90 Å². The summed E-state index contributed by atoms with van der Waals surface area (Å²) in [5.74, 6) is 0. The summed E-state index contributed by atoms with van der Waals surface area (Å²) < 4.78 is 0.777. The average Bonchev–Trinajstić information content (AvgIpc) is 2.21. The second-order valence-electron chi connectivity index (χ2n) is 4.96. The fraction of sp³-hybridized carbons (Fsp3) is 0.846. The molecule has 1 rings (SSSR count). The molecule has 1 aliphatic rings. The van der Waals surface area contributed by atoms with E-state index in [-0.39, 0.29) is 0 Å². The minimum atomic E-state index is 0.753. The molecule has 1 nitrogen and oxygen atoms in total. The van der Waals surface area contributed by atoms with Gasteiger partial charge in [-0.3, -0.25) is 0 Å². The predicted octanol–water partition coefficient (Wildman–Crippen LogP) is 3.17. The van der Waals surface area contributed by atoms with Gasteiger partial charge in [0.2, 0.25) is 0 Å². The van der Waals surface area contributed by atoms with Gasteiger partial charge in [-0.25, -0.2) is 0 Å². The van der Waals surface area contributed by atoms with Crippen LogP contribution < -0.4 is 0 Å². The topological polar surface area (TPSA) is 3.24 Å². The third kappa shape index (κ3) is 3.66. The molecule has 0 bridgehead atoms. The maximum atomic E-state index is 2.70. The fourth-order valence-corrected chi connectivity index (χ4v) is 2.63. The molecule has 0 aromatic rings. The Labute approximate surface area is 105 Å². The molecule has 2 heteroatoms. The van der Waals surface area contributed by atoms with Crippen LogP contribution >= 0.6 is 0 Å². The van der Waals surface area contributed by atoms with Gasteiger partial charge in [0.1, 0.15) is 0 Å². The van der Waals surface area contributed by atoms with Crippen LogP contribution in [0.25, 0.3) is 0 Å². The molecule has 0 N–H and O–H groups in total. The van der Waals surface area contributed by atoms with E-state index < -0.39 is 0 Å². The molecular weight excluding hydrogens is 177 g/mol. The van der Waals surface area contributed by atoms with Gasteiger partial charge in [-0.1, -0.05) is 0 Å². The molecule has 0 saturated heterocycles. The molecule has 0 aliphatic heterocycles. The number of unbranched alkanes of at least 4 members (excludes halogenated alkanes) is 2. The molecule has 2 unspecified atom stereocenters. The van der Waals surface area contributed by atoms with Gasteiger partial charge in [-0.2, -0.15) is 0 Å². The van der Waals surface area contributed by atoms with Crippen LogP contribution in [0.4, 0.5) is 0 Å². The SMILES string of the molecule is [Li][CH]1C=C(C)C1N(CCCC)CCCC. The van der Waals surface area contributed by atoms with E-state index in [2.05, 4.69) is 49.5 Å². The normalized spacial score (nSPS) is 25.3. The van der Waals surface area contributed by atoms with Crippen LogP contribution in [0.5, 0.6) is 0 Å². The first-order chi connectivity index (χ1) is 7.20. The summed E-state index contributed by atoms with van der Waals surface area (Å²) in [6, 6.07) is 0.753. The standard InChI is InChI=1S/C13H24N.Li/c1-4-6-10-14(11-7-5-2)13-9-8-12(13)3;/h8-9,13H,4-7,10-11H2,1-3H3;. The second-order valence-corrected chi connectivity index (χ2v) is 4.96. The molecule has 0 aromatic carbocycles. The third-order valence-electron chi connectivity index (χ3n) is 3.48. The van der Waals surface area contributed by atoms with Gasteiger partial charge in [0.05, 0.1) is 0 Å². The van der Waals surface area contributed by atoms with Crippen molar-refractivity contribution in [2.45, 2.75) is 57.1 Å². The molecule has 2 atom stereocenters. The molecule has 0 fully saturated rings. The summed E-state index contributed by atoms with van der Waals surface area (Å²) >= 11 is 2.35. The molecule has 0 amide bonds. The Kier molecular flexibility index (Phi) is 6.05. The van der Waals surface area contributed by atoms with Gasteiger partial charge in [-0.05, 0) is 0 Å². The fourth-order valence-electron chi connectivity index (χ4n) is 2.63. The Morgan fingerprint density at radius 1 is 1.20 bits per heavy atom. The number of rotatable bonds is 7. The Bertz CT molecular complexity index is 205. The monoisotopic (exact) mass is 201 g/mol. The number of hydrogen-bond acceptors (Lipinski definition) is 1. The van der Waals surface area contributed by atoms with E-state index in [9.17, 15) is 0 Å². The molecule has 0 radical (unpaired) electrons. The van der Waals surface area contributed by atoms with Gasteiger partial charge >= 0.3 is 104 Å². The zero-order chi connectivity index (χ0) is 11.3. The number of hydrogen-bond donors (Lipinski definition) is 0. The van der Waals surface area contributed by atoms with E-state index in [1.165, 1.54) is 38.8 Å². The van der Waals surface area contributed by atoms with Gasteiger partial charge in [0.25, 0.3) is 0 Å². The Balaban J connectivity index is 2.44. The van der Waals surface area contributed by atoms with Crippen LogP contribution in [0.1, 0.15) is 46.5 Å².